The molecule has 6 heteroatoms. The molecule has 1 atom stereocenters. The first kappa shape index (κ1) is 14.9. The zero-order valence-electron chi connectivity index (χ0n) is 11.3. The van der Waals surface area contributed by atoms with Crippen molar-refractivity contribution in [3.8, 4) is 0 Å². The highest BCUT2D eigenvalue weighted by Crippen LogP contribution is 2.09. The molecule has 1 fully saturated rings. The lowest BCUT2D eigenvalue weighted by Crippen LogP contribution is -2.51. The van der Waals surface area contributed by atoms with Crippen molar-refractivity contribution >= 4 is 11.9 Å². The number of urea groups is 1. The molecule has 1 saturated heterocycles. The van der Waals surface area contributed by atoms with Gasteiger partial charge < -0.3 is 10.6 Å². The fraction of sp³-hybridized carbons (Fsp3) is 0.833. The molecule has 0 aromatic heterocycles. The van der Waals surface area contributed by atoms with E-state index in [0.717, 1.165) is 32.5 Å². The van der Waals surface area contributed by atoms with Gasteiger partial charge in [0.1, 0.15) is 0 Å². The fourth-order valence-electron chi connectivity index (χ4n) is 2.20. The van der Waals surface area contributed by atoms with E-state index in [9.17, 15) is 9.59 Å². The third kappa shape index (κ3) is 5.01. The molecule has 0 spiro atoms. The smallest absolute Gasteiger partial charge is 0.321 e. The lowest BCUT2D eigenvalue weighted by molar-refractivity contribution is -0.121. The van der Waals surface area contributed by atoms with Crippen LogP contribution in [0.5, 0.6) is 0 Å². The monoisotopic (exact) mass is 256 g/mol. The average molecular weight is 256 g/mol. The summed E-state index contributed by atoms with van der Waals surface area (Å²) >= 11 is 0. The molecule has 3 N–H and O–H groups in total. The zero-order valence-corrected chi connectivity index (χ0v) is 11.3. The van der Waals surface area contributed by atoms with Crippen LogP contribution in [0.3, 0.4) is 0 Å². The van der Waals surface area contributed by atoms with Crippen molar-refractivity contribution in [2.45, 2.75) is 32.7 Å². The van der Waals surface area contributed by atoms with E-state index in [-0.39, 0.29) is 12.5 Å². The van der Waals surface area contributed by atoms with Gasteiger partial charge in [0.15, 0.2) is 0 Å². The molecule has 1 unspecified atom stereocenters. The number of hydrogen-bond acceptors (Lipinski definition) is 4. The molecule has 0 aliphatic carbocycles. The highest BCUT2D eigenvalue weighted by molar-refractivity contribution is 5.95. The van der Waals surface area contributed by atoms with E-state index in [4.69, 9.17) is 0 Å². The topological polar surface area (TPSA) is 73.5 Å². The summed E-state index contributed by atoms with van der Waals surface area (Å²) in [7, 11) is 0. The maximum Gasteiger partial charge on any atom is 0.321 e. The van der Waals surface area contributed by atoms with Crippen molar-refractivity contribution in [1.29, 1.82) is 0 Å². The molecule has 104 valence electrons. The van der Waals surface area contributed by atoms with Gasteiger partial charge in [0.05, 0.1) is 6.54 Å². The highest BCUT2D eigenvalue weighted by Gasteiger charge is 2.22. The van der Waals surface area contributed by atoms with Crippen molar-refractivity contribution in [2.75, 3.05) is 32.7 Å². The van der Waals surface area contributed by atoms with E-state index in [1.54, 1.807) is 0 Å². The Morgan fingerprint density at radius 2 is 2.17 bits per heavy atom. The quantitative estimate of drug-likeness (QED) is 0.642. The summed E-state index contributed by atoms with van der Waals surface area (Å²) in [5.74, 6) is -0.242. The van der Waals surface area contributed by atoms with Crippen LogP contribution in [0.15, 0.2) is 0 Å². The van der Waals surface area contributed by atoms with Gasteiger partial charge in [-0.2, -0.15) is 0 Å². The van der Waals surface area contributed by atoms with Gasteiger partial charge in [0.2, 0.25) is 5.91 Å². The number of nitrogens with zero attached hydrogens (tertiary/aromatic N) is 1. The minimum absolute atomic E-state index is 0.242. The fourth-order valence-corrected chi connectivity index (χ4v) is 2.20. The second-order valence-electron chi connectivity index (χ2n) is 4.47. The Balaban J connectivity index is 2.37. The third-order valence-corrected chi connectivity index (χ3v) is 3.13. The summed E-state index contributed by atoms with van der Waals surface area (Å²) in [5, 5.41) is 8.21. The van der Waals surface area contributed by atoms with E-state index in [1.807, 2.05) is 13.8 Å². The van der Waals surface area contributed by atoms with Gasteiger partial charge in [0.25, 0.3) is 0 Å². The number of imide groups is 1. The van der Waals surface area contributed by atoms with Crippen LogP contribution in [-0.4, -0.2) is 55.6 Å². The second kappa shape index (κ2) is 8.05. The Hall–Kier alpha value is -1.14. The van der Waals surface area contributed by atoms with Gasteiger partial charge in [0, 0.05) is 19.1 Å². The Bertz CT molecular complexity index is 277. The number of carbonyl (C=O) groups is 2. The lowest BCUT2D eigenvalue weighted by Gasteiger charge is -2.33. The number of amides is 3. The first-order valence-corrected chi connectivity index (χ1v) is 6.69. The predicted molar refractivity (Wildman–Crippen MR) is 70.4 cm³/mol. The van der Waals surface area contributed by atoms with Crippen LogP contribution in [0.25, 0.3) is 0 Å². The van der Waals surface area contributed by atoms with Gasteiger partial charge >= 0.3 is 6.03 Å². The minimum Gasteiger partial charge on any atom is -0.338 e. The van der Waals surface area contributed by atoms with Crippen LogP contribution in [0, 0.1) is 0 Å². The van der Waals surface area contributed by atoms with Crippen LogP contribution < -0.4 is 16.0 Å². The number of rotatable bonds is 5. The third-order valence-electron chi connectivity index (χ3n) is 3.13. The summed E-state index contributed by atoms with van der Waals surface area (Å²) in [5.41, 5.74) is 0. The van der Waals surface area contributed by atoms with E-state index < -0.39 is 6.03 Å². The van der Waals surface area contributed by atoms with Crippen molar-refractivity contribution in [1.82, 2.24) is 20.9 Å². The maximum absolute atomic E-state index is 11.7. The van der Waals surface area contributed by atoms with Gasteiger partial charge in [-0.15, -0.1) is 0 Å². The number of piperidine rings is 1. The number of likely N-dealkylation sites (N-methyl/N-ethyl adjacent to an activating group) is 1. The van der Waals surface area contributed by atoms with Gasteiger partial charge in [-0.3, -0.25) is 15.0 Å². The van der Waals surface area contributed by atoms with Crippen LogP contribution in [-0.2, 0) is 4.79 Å². The lowest BCUT2D eigenvalue weighted by atomic mass is 10.1. The molecule has 0 radical (unpaired) electrons. The molecule has 6 nitrogen and oxygen atoms in total. The molecule has 1 heterocycles. The van der Waals surface area contributed by atoms with E-state index in [2.05, 4.69) is 20.9 Å². The average Bonchev–Trinajstić information content (AvgIpc) is 2.37. The Morgan fingerprint density at radius 1 is 1.39 bits per heavy atom. The number of hydrogen-bond donors (Lipinski definition) is 3. The van der Waals surface area contributed by atoms with Gasteiger partial charge in [-0.05, 0) is 32.9 Å². The molecular formula is C12H24N4O2. The summed E-state index contributed by atoms with van der Waals surface area (Å²) < 4.78 is 0. The summed E-state index contributed by atoms with van der Waals surface area (Å²) in [6.45, 7) is 7.43. The van der Waals surface area contributed by atoms with Crippen molar-refractivity contribution in [3.05, 3.63) is 0 Å². The molecule has 1 rings (SSSR count). The summed E-state index contributed by atoms with van der Waals surface area (Å²) in [6.07, 6.45) is 2.24. The van der Waals surface area contributed by atoms with Gasteiger partial charge in [-0.25, -0.2) is 4.79 Å². The SMILES string of the molecule is CCNC(=O)NC(=O)CN(CC)C1CCCNC1. The first-order valence-electron chi connectivity index (χ1n) is 6.69. The Kier molecular flexibility index (Phi) is 6.67. The molecule has 1 aliphatic rings. The molecule has 0 bridgehead atoms. The van der Waals surface area contributed by atoms with E-state index in [1.165, 1.54) is 0 Å². The molecule has 0 aromatic carbocycles. The van der Waals surface area contributed by atoms with Crippen molar-refractivity contribution in [2.24, 2.45) is 0 Å². The van der Waals surface area contributed by atoms with Crippen LogP contribution in [0.2, 0.25) is 0 Å². The number of nitrogens with one attached hydrogen (secondary N) is 3. The van der Waals surface area contributed by atoms with Gasteiger partial charge in [-0.1, -0.05) is 6.92 Å². The molecule has 1 aliphatic heterocycles. The Morgan fingerprint density at radius 3 is 2.72 bits per heavy atom. The van der Waals surface area contributed by atoms with Crippen LogP contribution in [0.1, 0.15) is 26.7 Å². The molecule has 18 heavy (non-hydrogen) atoms. The number of carbonyl (C=O) groups excluding carboxylic acids is 2. The molecule has 3 amide bonds. The van der Waals surface area contributed by atoms with E-state index in [0.29, 0.717) is 12.6 Å². The largest absolute Gasteiger partial charge is 0.338 e. The zero-order chi connectivity index (χ0) is 13.4. The first-order chi connectivity index (χ1) is 8.67. The predicted octanol–water partition coefficient (Wildman–Crippen LogP) is -0.0940. The summed E-state index contributed by atoms with van der Waals surface area (Å²) in [4.78, 5) is 25.0. The molecule has 0 aromatic rings. The standard InChI is InChI=1S/C12H24N4O2/c1-3-14-12(18)15-11(17)9-16(4-2)10-6-5-7-13-8-10/h10,13H,3-9H2,1-2H3,(H2,14,15,17,18). The molecular weight excluding hydrogens is 232 g/mol. The van der Waals surface area contributed by atoms with Crippen molar-refractivity contribution in [3.63, 3.8) is 0 Å². The molecule has 0 saturated carbocycles. The summed E-state index contributed by atoms with van der Waals surface area (Å²) in [6, 6.07) is -0.0240. The maximum atomic E-state index is 11.7. The van der Waals surface area contributed by atoms with E-state index >= 15 is 0 Å². The van der Waals surface area contributed by atoms with Crippen LogP contribution in [0.4, 0.5) is 4.79 Å². The normalized spacial score (nSPS) is 19.6. The van der Waals surface area contributed by atoms with Crippen molar-refractivity contribution < 1.29 is 9.59 Å². The highest BCUT2D eigenvalue weighted by atomic mass is 16.2. The Labute approximate surface area is 108 Å². The minimum atomic E-state index is -0.416. The van der Waals surface area contributed by atoms with Crippen LogP contribution >= 0.6 is 0 Å². The second-order valence-corrected chi connectivity index (χ2v) is 4.47.